The molecule has 0 aliphatic carbocycles. The Morgan fingerprint density at radius 3 is 2.71 bits per heavy atom. The maximum atomic E-state index is 11.7. The molecule has 0 aromatic heterocycles. The fourth-order valence-corrected chi connectivity index (χ4v) is 1.14. The van der Waals surface area contributed by atoms with Crippen LogP contribution in [-0.4, -0.2) is 23.8 Å². The molecule has 74 valence electrons. The average Bonchev–Trinajstić information content (AvgIpc) is 2.24. The van der Waals surface area contributed by atoms with Crippen LogP contribution in [0.1, 0.15) is 13.3 Å². The third-order valence-electron chi connectivity index (χ3n) is 2.05. The van der Waals surface area contributed by atoms with Crippen molar-refractivity contribution in [3.05, 3.63) is 36.0 Å². The van der Waals surface area contributed by atoms with Gasteiger partial charge in [-0.25, -0.2) is 0 Å². The lowest BCUT2D eigenvalue weighted by molar-refractivity contribution is -0.140. The lowest BCUT2D eigenvalue weighted by atomic mass is 10.2. The number of likely N-dealkylation sites (N-methyl/N-ethyl adjacent to an activating group) is 1. The lowest BCUT2D eigenvalue weighted by Gasteiger charge is -2.14. The van der Waals surface area contributed by atoms with Gasteiger partial charge in [-0.1, -0.05) is 24.3 Å². The molecule has 0 atom stereocenters. The quantitative estimate of drug-likeness (QED) is 0.429. The molecule has 1 rings (SSSR count). The Balaban J connectivity index is 3.02. The van der Waals surface area contributed by atoms with E-state index < -0.39 is 0 Å². The van der Waals surface area contributed by atoms with E-state index >= 15 is 0 Å². The highest BCUT2D eigenvalue weighted by Gasteiger charge is 2.17. The molecule has 1 heterocycles. The van der Waals surface area contributed by atoms with Gasteiger partial charge in [0.1, 0.15) is 0 Å². The van der Waals surface area contributed by atoms with Gasteiger partial charge in [-0.2, -0.15) is 0 Å². The summed E-state index contributed by atoms with van der Waals surface area (Å²) >= 11 is 0. The van der Waals surface area contributed by atoms with Crippen LogP contribution in [0.4, 0.5) is 0 Å². The smallest absolute Gasteiger partial charge is 0.259 e. The second-order valence-electron chi connectivity index (χ2n) is 2.99. The van der Waals surface area contributed by atoms with Crippen LogP contribution in [0.3, 0.4) is 0 Å². The van der Waals surface area contributed by atoms with E-state index in [1.807, 2.05) is 0 Å². The lowest BCUT2D eigenvalue weighted by Crippen LogP contribution is -2.33. The minimum Gasteiger partial charge on any atom is -0.281 e. The van der Waals surface area contributed by atoms with Crippen molar-refractivity contribution in [2.24, 2.45) is 0 Å². The number of allylic oxidation sites excluding steroid dienone is 3. The van der Waals surface area contributed by atoms with Gasteiger partial charge in [-0.05, 0) is 13.0 Å². The van der Waals surface area contributed by atoms with Crippen molar-refractivity contribution >= 4 is 11.8 Å². The first-order valence-corrected chi connectivity index (χ1v) is 4.47. The molecule has 3 nitrogen and oxygen atoms in total. The number of amides is 2. The first-order chi connectivity index (χ1) is 6.66. The molecule has 1 aliphatic heterocycles. The molecule has 1 aliphatic rings. The fourth-order valence-electron chi connectivity index (χ4n) is 1.14. The van der Waals surface area contributed by atoms with Crippen LogP contribution in [0, 0.1) is 0 Å². The molecule has 0 N–H and O–H groups in total. The van der Waals surface area contributed by atoms with E-state index in [9.17, 15) is 9.59 Å². The van der Waals surface area contributed by atoms with E-state index in [4.69, 9.17) is 0 Å². The second kappa shape index (κ2) is 4.56. The Kier molecular flexibility index (Phi) is 3.40. The first-order valence-electron chi connectivity index (χ1n) is 4.47. The summed E-state index contributed by atoms with van der Waals surface area (Å²) in [6.07, 6.45) is 8.94. The van der Waals surface area contributed by atoms with Crippen molar-refractivity contribution in [2.45, 2.75) is 13.3 Å². The van der Waals surface area contributed by atoms with Gasteiger partial charge in [0.15, 0.2) is 0 Å². The number of imide groups is 1. The van der Waals surface area contributed by atoms with Crippen molar-refractivity contribution in [2.75, 3.05) is 7.05 Å². The van der Waals surface area contributed by atoms with Crippen LogP contribution in [0.2, 0.25) is 0 Å². The van der Waals surface area contributed by atoms with Crippen molar-refractivity contribution in [1.29, 1.82) is 0 Å². The summed E-state index contributed by atoms with van der Waals surface area (Å²) in [6, 6.07) is 0. The summed E-state index contributed by atoms with van der Waals surface area (Å²) in [7, 11) is 1.50. The van der Waals surface area contributed by atoms with E-state index in [-0.39, 0.29) is 18.2 Å². The van der Waals surface area contributed by atoms with Crippen LogP contribution < -0.4 is 0 Å². The largest absolute Gasteiger partial charge is 0.281 e. The van der Waals surface area contributed by atoms with E-state index in [2.05, 4.69) is 0 Å². The van der Waals surface area contributed by atoms with Crippen molar-refractivity contribution in [3.8, 4) is 0 Å². The SMILES string of the molecule is C\C=C1/C=C\C=C/CC(=O)N(C)C1=O. The Morgan fingerprint density at radius 2 is 2.07 bits per heavy atom. The third-order valence-corrected chi connectivity index (χ3v) is 2.05. The predicted molar refractivity (Wildman–Crippen MR) is 54.4 cm³/mol. The predicted octanol–water partition coefficient (Wildman–Crippen LogP) is 1.43. The summed E-state index contributed by atoms with van der Waals surface area (Å²) < 4.78 is 0. The van der Waals surface area contributed by atoms with Gasteiger partial charge in [0.05, 0.1) is 0 Å². The van der Waals surface area contributed by atoms with E-state index in [1.54, 1.807) is 37.3 Å². The minimum atomic E-state index is -0.252. The summed E-state index contributed by atoms with van der Waals surface area (Å²) in [5, 5.41) is 0. The highest BCUT2D eigenvalue weighted by atomic mass is 16.2. The zero-order valence-electron chi connectivity index (χ0n) is 8.36. The van der Waals surface area contributed by atoms with Gasteiger partial charge in [0.2, 0.25) is 5.91 Å². The zero-order chi connectivity index (χ0) is 10.6. The maximum absolute atomic E-state index is 11.7. The van der Waals surface area contributed by atoms with Gasteiger partial charge in [-0.3, -0.25) is 14.5 Å². The zero-order valence-corrected chi connectivity index (χ0v) is 8.36. The van der Waals surface area contributed by atoms with Crippen molar-refractivity contribution in [3.63, 3.8) is 0 Å². The summed E-state index contributed by atoms with van der Waals surface area (Å²) in [4.78, 5) is 24.2. The number of nitrogens with zero attached hydrogens (tertiary/aromatic N) is 1. The van der Waals surface area contributed by atoms with Gasteiger partial charge in [0, 0.05) is 19.0 Å². The van der Waals surface area contributed by atoms with E-state index in [0.717, 1.165) is 4.90 Å². The average molecular weight is 191 g/mol. The first kappa shape index (κ1) is 10.4. The molecule has 0 bridgehead atoms. The molecule has 2 amide bonds. The van der Waals surface area contributed by atoms with Gasteiger partial charge in [-0.15, -0.1) is 0 Å². The number of hydrogen-bond acceptors (Lipinski definition) is 2. The van der Waals surface area contributed by atoms with Crippen molar-refractivity contribution < 1.29 is 9.59 Å². The topological polar surface area (TPSA) is 37.4 Å². The molecule has 0 saturated heterocycles. The highest BCUT2D eigenvalue weighted by Crippen LogP contribution is 2.07. The number of hydrogen-bond donors (Lipinski definition) is 0. The third kappa shape index (κ3) is 2.19. The highest BCUT2D eigenvalue weighted by molar-refractivity contribution is 6.06. The Labute approximate surface area is 83.4 Å². The van der Waals surface area contributed by atoms with E-state index in [0.29, 0.717) is 5.57 Å². The monoisotopic (exact) mass is 191 g/mol. The number of rotatable bonds is 0. The fraction of sp³-hybridized carbons (Fsp3) is 0.273. The summed E-state index contributed by atoms with van der Waals surface area (Å²) in [6.45, 7) is 1.78. The molecule has 0 fully saturated rings. The van der Waals surface area contributed by atoms with Crippen LogP contribution in [0.25, 0.3) is 0 Å². The second-order valence-corrected chi connectivity index (χ2v) is 2.99. The van der Waals surface area contributed by atoms with Gasteiger partial charge < -0.3 is 0 Å². The van der Waals surface area contributed by atoms with Crippen LogP contribution in [0.15, 0.2) is 36.0 Å². The molecular formula is C11H13NO2. The van der Waals surface area contributed by atoms with Gasteiger partial charge >= 0.3 is 0 Å². The van der Waals surface area contributed by atoms with Gasteiger partial charge in [0.25, 0.3) is 5.91 Å². The summed E-state index contributed by atoms with van der Waals surface area (Å²) in [5.74, 6) is -0.438. The normalized spacial score (nSPS) is 25.6. The molecule has 14 heavy (non-hydrogen) atoms. The van der Waals surface area contributed by atoms with Crippen LogP contribution in [0.5, 0.6) is 0 Å². The Bertz CT molecular complexity index is 337. The van der Waals surface area contributed by atoms with Crippen molar-refractivity contribution in [1.82, 2.24) is 4.90 Å². The minimum absolute atomic E-state index is 0.186. The van der Waals surface area contributed by atoms with E-state index in [1.165, 1.54) is 7.05 Å². The summed E-state index contributed by atoms with van der Waals surface area (Å²) in [5.41, 5.74) is 0.535. The standard InChI is InChI=1S/C11H13NO2/c1-3-9-7-5-4-6-8-10(13)12(2)11(9)14/h3-7H,8H2,1-2H3/b6-4-,7-5-,9-3+. The molecule has 0 radical (unpaired) electrons. The Hall–Kier alpha value is -1.64. The molecule has 0 spiro atoms. The Morgan fingerprint density at radius 1 is 1.36 bits per heavy atom. The molecule has 0 unspecified atom stereocenters. The molecular weight excluding hydrogens is 178 g/mol. The number of carbonyl (C=O) groups excluding carboxylic acids is 2. The molecule has 3 heteroatoms. The molecule has 0 aromatic rings. The van der Waals surface area contributed by atoms with Crippen LogP contribution in [-0.2, 0) is 9.59 Å². The molecule has 0 aromatic carbocycles. The van der Waals surface area contributed by atoms with Crippen LogP contribution >= 0.6 is 0 Å². The molecule has 0 saturated carbocycles. The number of carbonyl (C=O) groups is 2. The maximum Gasteiger partial charge on any atom is 0.259 e.